The van der Waals surface area contributed by atoms with E-state index in [0.717, 1.165) is 5.82 Å². The molecule has 1 atom stereocenters. The smallest absolute Gasteiger partial charge is 0.282 e. The zero-order chi connectivity index (χ0) is 17.2. The van der Waals surface area contributed by atoms with Crippen molar-refractivity contribution >= 4 is 16.0 Å². The van der Waals surface area contributed by atoms with Gasteiger partial charge in [-0.1, -0.05) is 0 Å². The first kappa shape index (κ1) is 17.3. The van der Waals surface area contributed by atoms with Crippen molar-refractivity contribution in [1.82, 2.24) is 18.8 Å². The topological polar surface area (TPSA) is 88.1 Å². The number of ether oxygens (including phenoxy) is 2. The van der Waals surface area contributed by atoms with E-state index in [9.17, 15) is 8.42 Å². The van der Waals surface area contributed by atoms with E-state index in [2.05, 4.69) is 10.2 Å². The van der Waals surface area contributed by atoms with Crippen molar-refractivity contribution in [3.63, 3.8) is 0 Å². The molecule has 0 bridgehead atoms. The molecular weight excluding hydrogens is 334 g/mol. The first-order chi connectivity index (χ1) is 11.5. The van der Waals surface area contributed by atoms with Crippen LogP contribution >= 0.6 is 0 Å². The van der Waals surface area contributed by atoms with Gasteiger partial charge in [-0.2, -0.15) is 17.0 Å². The Bertz CT molecular complexity index is 646. The lowest BCUT2D eigenvalue weighted by atomic mass is 10.3. The molecule has 0 aliphatic carbocycles. The summed E-state index contributed by atoms with van der Waals surface area (Å²) in [6, 6.07) is 3.57. The minimum Gasteiger partial charge on any atom is -0.472 e. The molecular formula is C14H23N5O4S. The molecule has 0 N–H and O–H groups in total. The second-order valence-corrected chi connectivity index (χ2v) is 7.96. The van der Waals surface area contributed by atoms with E-state index in [1.165, 1.54) is 8.61 Å². The molecule has 3 heterocycles. The molecule has 0 amide bonds. The van der Waals surface area contributed by atoms with Crippen LogP contribution in [-0.2, 0) is 14.9 Å². The molecule has 10 heteroatoms. The van der Waals surface area contributed by atoms with Gasteiger partial charge in [0.15, 0.2) is 5.82 Å². The van der Waals surface area contributed by atoms with E-state index in [1.54, 1.807) is 6.07 Å². The van der Waals surface area contributed by atoms with Gasteiger partial charge < -0.3 is 14.4 Å². The molecule has 3 rings (SSSR count). The van der Waals surface area contributed by atoms with Crippen LogP contribution in [0.15, 0.2) is 12.1 Å². The van der Waals surface area contributed by atoms with Crippen LogP contribution < -0.4 is 9.64 Å². The summed E-state index contributed by atoms with van der Waals surface area (Å²) in [6.45, 7) is 2.48. The number of hydrogen-bond donors (Lipinski definition) is 0. The van der Waals surface area contributed by atoms with Crippen molar-refractivity contribution in [3.8, 4) is 5.88 Å². The highest BCUT2D eigenvalue weighted by atomic mass is 32.2. The number of morpholine rings is 1. The Morgan fingerprint density at radius 1 is 1.17 bits per heavy atom. The Morgan fingerprint density at radius 3 is 2.54 bits per heavy atom. The van der Waals surface area contributed by atoms with Crippen LogP contribution in [0.3, 0.4) is 0 Å². The molecule has 2 saturated heterocycles. The molecule has 1 aromatic heterocycles. The zero-order valence-corrected chi connectivity index (χ0v) is 14.8. The quantitative estimate of drug-likeness (QED) is 0.707. The highest BCUT2D eigenvalue weighted by molar-refractivity contribution is 7.86. The van der Waals surface area contributed by atoms with Gasteiger partial charge in [-0.25, -0.2) is 0 Å². The molecule has 0 spiro atoms. The van der Waals surface area contributed by atoms with Crippen LogP contribution in [0, 0.1) is 0 Å². The molecule has 1 aromatic rings. The minimum atomic E-state index is -3.44. The van der Waals surface area contributed by atoms with E-state index in [1.807, 2.05) is 25.1 Å². The molecule has 9 nitrogen and oxygen atoms in total. The van der Waals surface area contributed by atoms with E-state index in [4.69, 9.17) is 9.47 Å². The second-order valence-electron chi connectivity index (χ2n) is 6.03. The van der Waals surface area contributed by atoms with Crippen LogP contribution in [0.1, 0.15) is 6.42 Å². The summed E-state index contributed by atoms with van der Waals surface area (Å²) in [5, 5.41) is 8.09. The minimum absolute atomic E-state index is 0.208. The number of anilines is 1. The Balaban J connectivity index is 1.58. The fourth-order valence-corrected chi connectivity index (χ4v) is 4.36. The highest BCUT2D eigenvalue weighted by Crippen LogP contribution is 2.21. The monoisotopic (exact) mass is 357 g/mol. The van der Waals surface area contributed by atoms with Crippen LogP contribution in [0.5, 0.6) is 5.88 Å². The van der Waals surface area contributed by atoms with Crippen molar-refractivity contribution in [1.29, 1.82) is 0 Å². The SMILES string of the molecule is CN(C)c1ccc(OC2CCN(S(=O)(=O)N3CCOCC3)C2)nn1. The van der Waals surface area contributed by atoms with Crippen molar-refractivity contribution < 1.29 is 17.9 Å². The molecule has 2 fully saturated rings. The molecule has 24 heavy (non-hydrogen) atoms. The third-order valence-corrected chi connectivity index (χ3v) is 6.10. The van der Waals surface area contributed by atoms with Crippen LogP contribution in [0.25, 0.3) is 0 Å². The van der Waals surface area contributed by atoms with Gasteiger partial charge in [0.1, 0.15) is 6.10 Å². The number of rotatable bonds is 5. The van der Waals surface area contributed by atoms with E-state index >= 15 is 0 Å². The lowest BCUT2D eigenvalue weighted by Gasteiger charge is -2.29. The lowest BCUT2D eigenvalue weighted by Crippen LogP contribution is -2.48. The van der Waals surface area contributed by atoms with Gasteiger partial charge in [-0.15, -0.1) is 10.2 Å². The Labute approximate surface area is 142 Å². The molecule has 0 aromatic carbocycles. The van der Waals surface area contributed by atoms with Gasteiger partial charge in [-0.3, -0.25) is 0 Å². The first-order valence-electron chi connectivity index (χ1n) is 7.97. The largest absolute Gasteiger partial charge is 0.472 e. The molecule has 2 aliphatic heterocycles. The fourth-order valence-electron chi connectivity index (χ4n) is 2.73. The van der Waals surface area contributed by atoms with Crippen molar-refractivity contribution in [2.24, 2.45) is 0 Å². The summed E-state index contributed by atoms with van der Waals surface area (Å²) in [7, 11) is 0.329. The van der Waals surface area contributed by atoms with Gasteiger partial charge in [0, 0.05) is 39.8 Å². The molecule has 0 saturated carbocycles. The fraction of sp³-hybridized carbons (Fsp3) is 0.714. The van der Waals surface area contributed by atoms with E-state index < -0.39 is 10.2 Å². The Hall–Kier alpha value is -1.49. The van der Waals surface area contributed by atoms with Gasteiger partial charge in [-0.05, 0) is 12.5 Å². The average Bonchev–Trinajstić information content (AvgIpc) is 3.05. The number of aromatic nitrogens is 2. The predicted molar refractivity (Wildman–Crippen MR) is 88.3 cm³/mol. The van der Waals surface area contributed by atoms with E-state index in [-0.39, 0.29) is 6.10 Å². The second kappa shape index (κ2) is 7.18. The zero-order valence-electron chi connectivity index (χ0n) is 14.0. The summed E-state index contributed by atoms with van der Waals surface area (Å²) < 4.78 is 39.2. The highest BCUT2D eigenvalue weighted by Gasteiger charge is 2.37. The standard InChI is InChI=1S/C14H23N5O4S/c1-17(2)13-3-4-14(16-15-13)23-12-5-6-19(11-12)24(20,21)18-7-9-22-10-8-18/h3-4,12H,5-11H2,1-2H3. The van der Waals surface area contributed by atoms with Gasteiger partial charge >= 0.3 is 0 Å². The van der Waals surface area contributed by atoms with Gasteiger partial charge in [0.25, 0.3) is 10.2 Å². The summed E-state index contributed by atoms with van der Waals surface area (Å²) in [4.78, 5) is 1.85. The summed E-state index contributed by atoms with van der Waals surface area (Å²) in [5.74, 6) is 1.15. The summed E-state index contributed by atoms with van der Waals surface area (Å²) >= 11 is 0. The third-order valence-electron chi connectivity index (χ3n) is 4.10. The van der Waals surface area contributed by atoms with Crippen molar-refractivity contribution in [2.45, 2.75) is 12.5 Å². The van der Waals surface area contributed by atoms with Crippen LogP contribution in [0.4, 0.5) is 5.82 Å². The maximum absolute atomic E-state index is 12.6. The average molecular weight is 357 g/mol. The molecule has 0 radical (unpaired) electrons. The maximum atomic E-state index is 12.6. The van der Waals surface area contributed by atoms with Gasteiger partial charge in [0.2, 0.25) is 5.88 Å². The van der Waals surface area contributed by atoms with Gasteiger partial charge in [0.05, 0.1) is 19.8 Å². The summed E-state index contributed by atoms with van der Waals surface area (Å²) in [6.07, 6.45) is 0.432. The Kier molecular flexibility index (Phi) is 5.18. The summed E-state index contributed by atoms with van der Waals surface area (Å²) in [5.41, 5.74) is 0. The van der Waals surface area contributed by atoms with E-state index in [0.29, 0.717) is 51.7 Å². The molecule has 2 aliphatic rings. The predicted octanol–water partition coefficient (Wildman–Crippen LogP) is -0.427. The Morgan fingerprint density at radius 2 is 1.92 bits per heavy atom. The number of hydrogen-bond acceptors (Lipinski definition) is 7. The normalized spacial score (nSPS) is 23.3. The molecule has 1 unspecified atom stereocenters. The van der Waals surface area contributed by atoms with Crippen molar-refractivity contribution in [3.05, 3.63) is 12.1 Å². The number of nitrogens with zero attached hydrogens (tertiary/aromatic N) is 5. The van der Waals surface area contributed by atoms with Crippen LogP contribution in [-0.4, -0.2) is 86.8 Å². The maximum Gasteiger partial charge on any atom is 0.282 e. The van der Waals surface area contributed by atoms with Crippen molar-refractivity contribution in [2.75, 3.05) is 58.4 Å². The van der Waals surface area contributed by atoms with Crippen LogP contribution in [0.2, 0.25) is 0 Å². The third kappa shape index (κ3) is 3.77. The first-order valence-corrected chi connectivity index (χ1v) is 9.37. The molecule has 134 valence electrons. The lowest BCUT2D eigenvalue weighted by molar-refractivity contribution is 0.0703.